The van der Waals surface area contributed by atoms with Gasteiger partial charge in [-0.1, -0.05) is 29.3 Å². The van der Waals surface area contributed by atoms with Crippen LogP contribution in [0.25, 0.3) is 10.9 Å². The highest BCUT2D eigenvalue weighted by Gasteiger charge is 2.15. The van der Waals surface area contributed by atoms with Crippen LogP contribution in [-0.4, -0.2) is 18.1 Å². The van der Waals surface area contributed by atoms with Crippen molar-refractivity contribution < 1.29 is 9.53 Å². The van der Waals surface area contributed by atoms with Gasteiger partial charge < -0.3 is 4.74 Å². The number of hydrogen-bond donors (Lipinski definition) is 0. The Morgan fingerprint density at radius 3 is 2.71 bits per heavy atom. The molecule has 2 rings (SSSR count). The number of ether oxygens (including phenoxy) is 1. The molecule has 17 heavy (non-hydrogen) atoms. The molecular formula is C12H9Cl2NO2. The fourth-order valence-corrected chi connectivity index (χ4v) is 2.00. The van der Waals surface area contributed by atoms with Crippen LogP contribution in [0.1, 0.15) is 16.1 Å². The maximum atomic E-state index is 11.6. The summed E-state index contributed by atoms with van der Waals surface area (Å²) in [4.78, 5) is 15.9. The molecule has 0 aliphatic carbocycles. The van der Waals surface area contributed by atoms with E-state index in [9.17, 15) is 4.79 Å². The summed E-state index contributed by atoms with van der Waals surface area (Å²) < 4.78 is 4.73. The van der Waals surface area contributed by atoms with E-state index < -0.39 is 5.97 Å². The quantitative estimate of drug-likeness (QED) is 0.742. The molecule has 1 heterocycles. The summed E-state index contributed by atoms with van der Waals surface area (Å²) in [6.45, 7) is 1.78. The lowest BCUT2D eigenvalue weighted by Gasteiger charge is -2.08. The third kappa shape index (κ3) is 2.08. The Labute approximate surface area is 108 Å². The number of halogens is 2. The third-order valence-corrected chi connectivity index (χ3v) is 3.20. The van der Waals surface area contributed by atoms with Gasteiger partial charge in [-0.05, 0) is 19.1 Å². The van der Waals surface area contributed by atoms with Gasteiger partial charge in [0, 0.05) is 11.1 Å². The van der Waals surface area contributed by atoms with Gasteiger partial charge in [0.2, 0.25) is 0 Å². The molecular weight excluding hydrogens is 261 g/mol. The molecule has 0 unspecified atom stereocenters. The lowest BCUT2D eigenvalue weighted by Crippen LogP contribution is -2.04. The van der Waals surface area contributed by atoms with E-state index in [1.807, 2.05) is 0 Å². The smallest absolute Gasteiger partial charge is 0.338 e. The Morgan fingerprint density at radius 2 is 2.06 bits per heavy atom. The minimum Gasteiger partial charge on any atom is -0.465 e. The zero-order chi connectivity index (χ0) is 12.6. The predicted molar refractivity (Wildman–Crippen MR) is 67.8 cm³/mol. The molecule has 0 bridgehead atoms. The Hall–Kier alpha value is -1.32. The number of pyridine rings is 1. The van der Waals surface area contributed by atoms with Crippen LogP contribution in [0.2, 0.25) is 10.0 Å². The average molecular weight is 270 g/mol. The second-order valence-electron chi connectivity index (χ2n) is 3.56. The van der Waals surface area contributed by atoms with Crippen molar-refractivity contribution in [2.75, 3.05) is 7.11 Å². The Kier molecular flexibility index (Phi) is 3.22. The second-order valence-corrected chi connectivity index (χ2v) is 4.35. The monoisotopic (exact) mass is 269 g/mol. The number of benzene rings is 1. The van der Waals surface area contributed by atoms with Crippen LogP contribution in [0.3, 0.4) is 0 Å². The number of aromatic nitrogens is 1. The van der Waals surface area contributed by atoms with Crippen molar-refractivity contribution >= 4 is 40.1 Å². The molecule has 0 aliphatic heterocycles. The molecule has 0 atom stereocenters. The first-order valence-corrected chi connectivity index (χ1v) is 5.64. The average Bonchev–Trinajstić information content (AvgIpc) is 2.32. The molecule has 0 fully saturated rings. The summed E-state index contributed by atoms with van der Waals surface area (Å²) in [7, 11) is 1.33. The molecule has 0 aliphatic rings. The number of nitrogens with zero attached hydrogens (tertiary/aromatic N) is 1. The molecule has 0 N–H and O–H groups in total. The minimum absolute atomic E-state index is 0.345. The lowest BCUT2D eigenvalue weighted by atomic mass is 10.1. The van der Waals surface area contributed by atoms with E-state index in [0.29, 0.717) is 32.2 Å². The number of fused-ring (bicyclic) bond motifs is 1. The summed E-state index contributed by atoms with van der Waals surface area (Å²) in [6.07, 6.45) is 0. The number of esters is 1. The largest absolute Gasteiger partial charge is 0.465 e. The van der Waals surface area contributed by atoms with Crippen molar-refractivity contribution in [1.29, 1.82) is 0 Å². The van der Waals surface area contributed by atoms with Gasteiger partial charge in [0.25, 0.3) is 0 Å². The zero-order valence-electron chi connectivity index (χ0n) is 9.25. The van der Waals surface area contributed by atoms with Crippen molar-refractivity contribution in [2.45, 2.75) is 6.92 Å². The number of aryl methyl sites for hydroxylation is 1. The van der Waals surface area contributed by atoms with Crippen LogP contribution < -0.4 is 0 Å². The summed E-state index contributed by atoms with van der Waals surface area (Å²) in [5.41, 5.74) is 1.63. The van der Waals surface area contributed by atoms with Gasteiger partial charge in [-0.2, -0.15) is 0 Å². The van der Waals surface area contributed by atoms with Gasteiger partial charge >= 0.3 is 5.97 Å². The van der Waals surface area contributed by atoms with Crippen LogP contribution in [0, 0.1) is 6.92 Å². The van der Waals surface area contributed by atoms with E-state index in [-0.39, 0.29) is 0 Å². The standard InChI is InChI=1S/C12H9Cl2NO2/c1-6-5-8(12(16)17-2)7-3-4-9(13)10(14)11(7)15-6/h3-5H,1-2H3. The normalized spacial score (nSPS) is 10.6. The van der Waals surface area contributed by atoms with E-state index in [4.69, 9.17) is 27.9 Å². The summed E-state index contributed by atoms with van der Waals surface area (Å²) >= 11 is 12.0. The molecule has 0 amide bonds. The molecule has 3 nitrogen and oxygen atoms in total. The van der Waals surface area contributed by atoms with Gasteiger partial charge in [-0.15, -0.1) is 0 Å². The molecule has 1 aromatic carbocycles. The van der Waals surface area contributed by atoms with E-state index in [0.717, 1.165) is 0 Å². The fourth-order valence-electron chi connectivity index (χ4n) is 1.64. The highest BCUT2D eigenvalue weighted by Crippen LogP contribution is 2.31. The van der Waals surface area contributed by atoms with E-state index >= 15 is 0 Å². The van der Waals surface area contributed by atoms with Crippen molar-refractivity contribution in [3.05, 3.63) is 39.5 Å². The first-order valence-electron chi connectivity index (χ1n) is 4.88. The highest BCUT2D eigenvalue weighted by molar-refractivity contribution is 6.45. The first-order chi connectivity index (χ1) is 8.04. The number of carbonyl (C=O) groups excluding carboxylic acids is 1. The number of methoxy groups -OCH3 is 1. The third-order valence-electron chi connectivity index (χ3n) is 2.41. The van der Waals surface area contributed by atoms with E-state index in [1.54, 1.807) is 25.1 Å². The van der Waals surface area contributed by atoms with Crippen LogP contribution in [0.4, 0.5) is 0 Å². The predicted octanol–water partition coefficient (Wildman–Crippen LogP) is 3.64. The van der Waals surface area contributed by atoms with Gasteiger partial charge in [0.05, 0.1) is 28.2 Å². The van der Waals surface area contributed by atoms with Crippen LogP contribution in [0.15, 0.2) is 18.2 Å². The zero-order valence-corrected chi connectivity index (χ0v) is 10.8. The maximum Gasteiger partial charge on any atom is 0.338 e. The molecule has 5 heteroatoms. The molecule has 0 saturated heterocycles. The Morgan fingerprint density at radius 1 is 1.35 bits per heavy atom. The first kappa shape index (κ1) is 12.1. The Bertz CT molecular complexity index is 611. The lowest BCUT2D eigenvalue weighted by molar-refractivity contribution is 0.0603. The highest BCUT2D eigenvalue weighted by atomic mass is 35.5. The van der Waals surface area contributed by atoms with E-state index in [2.05, 4.69) is 4.98 Å². The van der Waals surface area contributed by atoms with Crippen molar-refractivity contribution in [3.8, 4) is 0 Å². The van der Waals surface area contributed by atoms with Gasteiger partial charge in [0.1, 0.15) is 0 Å². The SMILES string of the molecule is COC(=O)c1cc(C)nc2c(Cl)c(Cl)ccc12. The van der Waals surface area contributed by atoms with Crippen LogP contribution >= 0.6 is 23.2 Å². The van der Waals surface area contributed by atoms with Crippen LogP contribution in [-0.2, 0) is 4.74 Å². The Balaban J connectivity index is 2.86. The topological polar surface area (TPSA) is 39.2 Å². The molecule has 0 saturated carbocycles. The molecule has 0 radical (unpaired) electrons. The fraction of sp³-hybridized carbons (Fsp3) is 0.167. The number of carbonyl (C=O) groups is 1. The molecule has 2 aromatic rings. The van der Waals surface area contributed by atoms with Gasteiger partial charge in [0.15, 0.2) is 0 Å². The summed E-state index contributed by atoms with van der Waals surface area (Å²) in [5.74, 6) is -0.418. The minimum atomic E-state index is -0.418. The maximum absolute atomic E-state index is 11.6. The van der Waals surface area contributed by atoms with Crippen LogP contribution in [0.5, 0.6) is 0 Å². The number of rotatable bonds is 1. The van der Waals surface area contributed by atoms with Gasteiger partial charge in [-0.3, -0.25) is 4.98 Å². The second kappa shape index (κ2) is 4.51. The molecule has 88 valence electrons. The summed E-state index contributed by atoms with van der Waals surface area (Å²) in [6, 6.07) is 5.01. The summed E-state index contributed by atoms with van der Waals surface area (Å²) in [5, 5.41) is 1.39. The number of hydrogen-bond acceptors (Lipinski definition) is 3. The van der Waals surface area contributed by atoms with Crippen molar-refractivity contribution in [2.24, 2.45) is 0 Å². The molecule has 1 aromatic heterocycles. The van der Waals surface area contributed by atoms with Gasteiger partial charge in [-0.25, -0.2) is 4.79 Å². The van der Waals surface area contributed by atoms with Crippen molar-refractivity contribution in [1.82, 2.24) is 4.98 Å². The van der Waals surface area contributed by atoms with E-state index in [1.165, 1.54) is 7.11 Å². The molecule has 0 spiro atoms. The van der Waals surface area contributed by atoms with Crippen molar-refractivity contribution in [3.63, 3.8) is 0 Å².